The van der Waals surface area contributed by atoms with E-state index >= 15 is 0 Å². The molecule has 8 heteroatoms. The Labute approximate surface area is 216 Å². The van der Waals surface area contributed by atoms with Gasteiger partial charge in [-0.1, -0.05) is 67.8 Å². The first kappa shape index (κ1) is 26.3. The van der Waals surface area contributed by atoms with Crippen LogP contribution in [0.15, 0.2) is 77.5 Å². The molecule has 0 saturated heterocycles. The first-order chi connectivity index (χ1) is 17.4. The molecule has 1 aliphatic carbocycles. The second-order valence-corrected chi connectivity index (χ2v) is 11.9. The summed E-state index contributed by atoms with van der Waals surface area (Å²) >= 11 is 1.54. The lowest BCUT2D eigenvalue weighted by atomic mass is 9.95. The van der Waals surface area contributed by atoms with E-state index in [0.717, 1.165) is 48.1 Å². The van der Waals surface area contributed by atoms with Gasteiger partial charge in [-0.3, -0.25) is 4.79 Å². The largest absolute Gasteiger partial charge is 0.332 e. The zero-order chi connectivity index (χ0) is 25.4. The van der Waals surface area contributed by atoms with Gasteiger partial charge in [0, 0.05) is 22.9 Å². The molecular weight excluding hydrogens is 495 g/mol. The second kappa shape index (κ2) is 12.4. The minimum absolute atomic E-state index is 0.206. The number of hydrogen-bond donors (Lipinski definition) is 0. The molecule has 4 rings (SSSR count). The summed E-state index contributed by atoms with van der Waals surface area (Å²) in [5.74, 6) is -0.607. The molecule has 0 N–H and O–H groups in total. The summed E-state index contributed by atoms with van der Waals surface area (Å²) < 4.78 is 41.8. The average molecular weight is 527 g/mol. The second-order valence-electron chi connectivity index (χ2n) is 9.05. The molecular formula is C28H31FN2O3S2. The summed E-state index contributed by atoms with van der Waals surface area (Å²) in [6, 6.07) is 19.0. The molecule has 1 aromatic heterocycles. The van der Waals surface area contributed by atoms with Gasteiger partial charge in [-0.25, -0.2) is 12.8 Å². The van der Waals surface area contributed by atoms with Crippen LogP contribution >= 0.6 is 11.3 Å². The van der Waals surface area contributed by atoms with Crippen molar-refractivity contribution < 1.29 is 17.6 Å². The lowest BCUT2D eigenvalue weighted by Gasteiger charge is -2.33. The van der Waals surface area contributed by atoms with Crippen molar-refractivity contribution >= 4 is 33.3 Å². The molecule has 0 unspecified atom stereocenters. The van der Waals surface area contributed by atoms with Gasteiger partial charge in [0.2, 0.25) is 15.9 Å². The Hall–Kier alpha value is -2.81. The third-order valence-corrected chi connectivity index (χ3v) is 8.82. The van der Waals surface area contributed by atoms with Crippen molar-refractivity contribution in [3.8, 4) is 0 Å². The van der Waals surface area contributed by atoms with Crippen LogP contribution in [-0.2, 0) is 27.9 Å². The smallest absolute Gasteiger partial charge is 0.238 e. The average Bonchev–Trinajstić information content (AvgIpc) is 3.41. The maximum atomic E-state index is 13.6. The Balaban J connectivity index is 1.58. The van der Waals surface area contributed by atoms with Crippen LogP contribution < -0.4 is 0 Å². The molecule has 0 aliphatic heterocycles. The number of rotatable bonds is 10. The molecule has 3 aromatic rings. The Morgan fingerprint density at radius 3 is 2.33 bits per heavy atom. The van der Waals surface area contributed by atoms with E-state index in [2.05, 4.69) is 0 Å². The number of thiophene rings is 1. The van der Waals surface area contributed by atoms with E-state index in [0.29, 0.717) is 6.54 Å². The molecule has 36 heavy (non-hydrogen) atoms. The van der Waals surface area contributed by atoms with Gasteiger partial charge in [0.05, 0.1) is 13.1 Å². The van der Waals surface area contributed by atoms with Gasteiger partial charge >= 0.3 is 0 Å². The molecule has 0 bridgehead atoms. The van der Waals surface area contributed by atoms with Gasteiger partial charge in [0.15, 0.2) is 0 Å². The van der Waals surface area contributed by atoms with Gasteiger partial charge in [-0.2, -0.15) is 4.31 Å². The Morgan fingerprint density at radius 1 is 0.944 bits per heavy atom. The fraction of sp³-hybridized carbons (Fsp3) is 0.321. The maximum Gasteiger partial charge on any atom is 0.238 e. The van der Waals surface area contributed by atoms with Crippen molar-refractivity contribution in [2.75, 3.05) is 6.54 Å². The highest BCUT2D eigenvalue weighted by molar-refractivity contribution is 7.92. The SMILES string of the molecule is O=C(CN(C1CCCCC1)S(=O)(=O)C=Cc1ccccc1)N(Cc1ccc(F)cc1)Cc1cccs1. The number of benzene rings is 2. The lowest BCUT2D eigenvalue weighted by Crippen LogP contribution is -2.47. The topological polar surface area (TPSA) is 57.7 Å². The van der Waals surface area contributed by atoms with Crippen LogP contribution in [0.5, 0.6) is 0 Å². The summed E-state index contributed by atoms with van der Waals surface area (Å²) in [4.78, 5) is 16.3. The molecule has 1 aliphatic rings. The van der Waals surface area contributed by atoms with Crippen molar-refractivity contribution in [2.24, 2.45) is 0 Å². The predicted octanol–water partition coefficient (Wildman–Crippen LogP) is 6.05. The molecule has 0 spiro atoms. The first-order valence-electron chi connectivity index (χ1n) is 12.2. The Bertz CT molecular complexity index is 1240. The van der Waals surface area contributed by atoms with Crippen molar-refractivity contribution in [3.63, 3.8) is 0 Å². The normalized spacial score (nSPS) is 14.9. The number of carbonyl (C=O) groups excluding carboxylic acids is 1. The highest BCUT2D eigenvalue weighted by atomic mass is 32.2. The lowest BCUT2D eigenvalue weighted by molar-refractivity contribution is -0.133. The summed E-state index contributed by atoms with van der Waals surface area (Å²) in [5.41, 5.74) is 1.57. The first-order valence-corrected chi connectivity index (χ1v) is 14.6. The predicted molar refractivity (Wildman–Crippen MR) is 143 cm³/mol. The Morgan fingerprint density at radius 2 is 1.67 bits per heavy atom. The fourth-order valence-corrected chi connectivity index (χ4v) is 6.59. The van der Waals surface area contributed by atoms with E-state index in [1.54, 1.807) is 34.4 Å². The van der Waals surface area contributed by atoms with Crippen molar-refractivity contribution in [1.29, 1.82) is 0 Å². The zero-order valence-electron chi connectivity index (χ0n) is 20.1. The standard InChI is InChI=1S/C28H31FN2O3S2/c29-25-15-13-24(14-16-25)20-30(21-27-12-7-18-35-27)28(32)22-31(26-10-5-2-6-11-26)36(33,34)19-17-23-8-3-1-4-9-23/h1,3-4,7-9,12-19,26H,2,5-6,10-11,20-22H2. The number of nitrogens with zero attached hydrogens (tertiary/aromatic N) is 2. The number of halogens is 1. The molecule has 0 radical (unpaired) electrons. The molecule has 1 amide bonds. The molecule has 1 saturated carbocycles. The van der Waals surface area contributed by atoms with Crippen molar-refractivity contribution in [3.05, 3.63) is 99.3 Å². The zero-order valence-corrected chi connectivity index (χ0v) is 21.8. The number of carbonyl (C=O) groups is 1. The number of hydrogen-bond acceptors (Lipinski definition) is 4. The molecule has 0 atom stereocenters. The number of amides is 1. The van der Waals surface area contributed by atoms with Crippen molar-refractivity contribution in [2.45, 2.75) is 51.2 Å². The van der Waals surface area contributed by atoms with Crippen LogP contribution in [0.1, 0.15) is 48.1 Å². The highest BCUT2D eigenvalue weighted by Gasteiger charge is 2.32. The third-order valence-electron chi connectivity index (χ3n) is 6.40. The van der Waals surface area contributed by atoms with Crippen LogP contribution in [-0.4, -0.2) is 36.1 Å². The summed E-state index contributed by atoms with van der Waals surface area (Å²) in [7, 11) is -3.83. The van der Waals surface area contributed by atoms with Crippen LogP contribution in [0, 0.1) is 5.82 Å². The van der Waals surface area contributed by atoms with Crippen molar-refractivity contribution in [1.82, 2.24) is 9.21 Å². The highest BCUT2D eigenvalue weighted by Crippen LogP contribution is 2.26. The quantitative estimate of drug-likeness (QED) is 0.323. The van der Waals surface area contributed by atoms with Gasteiger partial charge in [0.1, 0.15) is 5.82 Å². The fourth-order valence-electron chi connectivity index (χ4n) is 4.47. The van der Waals surface area contributed by atoms with Gasteiger partial charge < -0.3 is 4.90 Å². The molecule has 190 valence electrons. The van der Waals surface area contributed by atoms with E-state index in [4.69, 9.17) is 0 Å². The summed E-state index contributed by atoms with van der Waals surface area (Å²) in [5, 5.41) is 3.16. The van der Waals surface area contributed by atoms with Gasteiger partial charge in [0.25, 0.3) is 0 Å². The van der Waals surface area contributed by atoms with Crippen LogP contribution in [0.3, 0.4) is 0 Å². The van der Waals surface area contributed by atoms with Crippen LogP contribution in [0.4, 0.5) is 4.39 Å². The Kier molecular flexibility index (Phi) is 9.07. The van der Waals surface area contributed by atoms with Gasteiger partial charge in [-0.15, -0.1) is 11.3 Å². The minimum Gasteiger partial charge on any atom is -0.332 e. The summed E-state index contributed by atoms with van der Waals surface area (Å²) in [6.07, 6.45) is 6.04. The van der Waals surface area contributed by atoms with E-state index in [-0.39, 0.29) is 30.9 Å². The summed E-state index contributed by atoms with van der Waals surface area (Å²) in [6.45, 7) is 0.417. The monoisotopic (exact) mass is 526 g/mol. The van der Waals surface area contributed by atoms with E-state index in [9.17, 15) is 17.6 Å². The maximum absolute atomic E-state index is 13.6. The minimum atomic E-state index is -3.83. The van der Waals surface area contributed by atoms with E-state index in [1.807, 2.05) is 47.8 Å². The molecule has 1 fully saturated rings. The van der Waals surface area contributed by atoms with E-state index in [1.165, 1.54) is 21.8 Å². The van der Waals surface area contributed by atoms with Crippen LogP contribution in [0.25, 0.3) is 6.08 Å². The molecule has 5 nitrogen and oxygen atoms in total. The van der Waals surface area contributed by atoms with Gasteiger partial charge in [-0.05, 0) is 53.6 Å². The molecule has 1 heterocycles. The number of sulfonamides is 1. The van der Waals surface area contributed by atoms with E-state index < -0.39 is 10.0 Å². The van der Waals surface area contributed by atoms with Crippen LogP contribution in [0.2, 0.25) is 0 Å². The third kappa shape index (κ3) is 7.35. The molecule has 2 aromatic carbocycles.